The number of carbonyl (C=O) groups is 1. The van der Waals surface area contributed by atoms with Gasteiger partial charge < -0.3 is 14.0 Å². The molecule has 0 aliphatic rings. The van der Waals surface area contributed by atoms with Gasteiger partial charge in [0, 0.05) is 13.2 Å². The highest BCUT2D eigenvalue weighted by atomic mass is 19.3. The number of aromatic nitrogens is 1. The third-order valence-corrected chi connectivity index (χ3v) is 3.31. The number of hydrogen-bond donors (Lipinski definition) is 0. The second-order valence-electron chi connectivity index (χ2n) is 5.04. The van der Waals surface area contributed by atoms with Crippen molar-refractivity contribution in [3.05, 3.63) is 64.1 Å². The Bertz CT molecular complexity index is 772. The van der Waals surface area contributed by atoms with Crippen LogP contribution in [0.1, 0.15) is 18.1 Å². The molecule has 0 atom stereocenters. The third kappa shape index (κ3) is 3.61. The van der Waals surface area contributed by atoms with Crippen molar-refractivity contribution in [2.45, 2.75) is 19.5 Å². The highest BCUT2D eigenvalue weighted by Gasteiger charge is 2.47. The van der Waals surface area contributed by atoms with Crippen molar-refractivity contribution in [1.82, 2.24) is 4.57 Å². The Labute approximate surface area is 137 Å². The molecule has 1 aromatic heterocycles. The average molecular weight is 337 g/mol. The summed E-state index contributed by atoms with van der Waals surface area (Å²) in [6, 6.07) is 10.1. The minimum absolute atomic E-state index is 0.0140. The third-order valence-electron chi connectivity index (χ3n) is 3.31. The number of rotatable bonds is 6. The van der Waals surface area contributed by atoms with Crippen LogP contribution in [0.3, 0.4) is 0 Å². The number of ether oxygens (including phenoxy) is 2. The zero-order valence-electron chi connectivity index (χ0n) is 13.3. The summed E-state index contributed by atoms with van der Waals surface area (Å²) in [5.74, 6) is -6.23. The maximum Gasteiger partial charge on any atom is 0.382 e. The van der Waals surface area contributed by atoms with Crippen LogP contribution in [-0.4, -0.2) is 17.1 Å². The SMILES string of the molecule is CCOC(=O)C(F)(F)c1c(OCc2ccccc2)ccn(C)c1=O. The zero-order valence-corrected chi connectivity index (χ0v) is 13.3. The van der Waals surface area contributed by atoms with Gasteiger partial charge in [-0.05, 0) is 18.6 Å². The molecule has 0 N–H and O–H groups in total. The van der Waals surface area contributed by atoms with Crippen LogP contribution in [0, 0.1) is 0 Å². The van der Waals surface area contributed by atoms with Crippen molar-refractivity contribution < 1.29 is 23.0 Å². The van der Waals surface area contributed by atoms with Crippen LogP contribution < -0.4 is 10.3 Å². The molecule has 0 fully saturated rings. The smallest absolute Gasteiger partial charge is 0.382 e. The molecule has 0 amide bonds. The normalized spacial score (nSPS) is 11.2. The van der Waals surface area contributed by atoms with Gasteiger partial charge in [-0.3, -0.25) is 4.79 Å². The predicted molar refractivity (Wildman–Crippen MR) is 83.0 cm³/mol. The molecular formula is C17H17F2NO4. The van der Waals surface area contributed by atoms with Crippen molar-refractivity contribution >= 4 is 5.97 Å². The van der Waals surface area contributed by atoms with Crippen molar-refractivity contribution in [3.63, 3.8) is 0 Å². The van der Waals surface area contributed by atoms with E-state index in [2.05, 4.69) is 4.74 Å². The molecule has 1 aromatic carbocycles. The monoisotopic (exact) mass is 337 g/mol. The fraction of sp³-hybridized carbons (Fsp3) is 0.294. The lowest BCUT2D eigenvalue weighted by Gasteiger charge is -2.18. The highest BCUT2D eigenvalue weighted by Crippen LogP contribution is 2.33. The molecule has 0 bridgehead atoms. The molecule has 0 unspecified atom stereocenters. The van der Waals surface area contributed by atoms with Gasteiger partial charge in [0.1, 0.15) is 17.9 Å². The van der Waals surface area contributed by atoms with E-state index in [0.717, 1.165) is 10.1 Å². The van der Waals surface area contributed by atoms with Crippen molar-refractivity contribution in [2.75, 3.05) is 6.61 Å². The minimum atomic E-state index is -4.10. The van der Waals surface area contributed by atoms with Crippen LogP contribution in [0.15, 0.2) is 47.4 Å². The number of pyridine rings is 1. The standard InChI is InChI=1S/C17H17F2NO4/c1-3-23-16(22)17(18,19)14-13(9-10-20(2)15(14)21)24-11-12-7-5-4-6-8-12/h4-10H,3,11H2,1-2H3. The lowest BCUT2D eigenvalue weighted by atomic mass is 10.1. The summed E-state index contributed by atoms with van der Waals surface area (Å²) in [5, 5.41) is 0. The molecular weight excluding hydrogens is 320 g/mol. The van der Waals surface area contributed by atoms with Crippen LogP contribution in [-0.2, 0) is 29.1 Å². The van der Waals surface area contributed by atoms with Gasteiger partial charge in [0.25, 0.3) is 5.56 Å². The number of nitrogens with zero attached hydrogens (tertiary/aromatic N) is 1. The topological polar surface area (TPSA) is 57.5 Å². The number of alkyl halides is 2. The van der Waals surface area contributed by atoms with E-state index in [1.165, 1.54) is 26.2 Å². The van der Waals surface area contributed by atoms with Gasteiger partial charge in [-0.2, -0.15) is 8.78 Å². The summed E-state index contributed by atoms with van der Waals surface area (Å²) < 4.78 is 39.5. The van der Waals surface area contributed by atoms with E-state index >= 15 is 0 Å². The number of halogens is 2. The molecule has 1 heterocycles. The van der Waals surface area contributed by atoms with Crippen LogP contribution >= 0.6 is 0 Å². The second-order valence-corrected chi connectivity index (χ2v) is 5.04. The molecule has 2 aromatic rings. The first-order valence-corrected chi connectivity index (χ1v) is 7.29. The molecule has 5 nitrogen and oxygen atoms in total. The van der Waals surface area contributed by atoms with Crippen LogP contribution in [0.4, 0.5) is 8.78 Å². The lowest BCUT2D eigenvalue weighted by Crippen LogP contribution is -2.36. The Morgan fingerprint density at radius 2 is 1.88 bits per heavy atom. The number of aryl methyl sites for hydroxylation is 1. The lowest BCUT2D eigenvalue weighted by molar-refractivity contribution is -0.173. The Balaban J connectivity index is 2.40. The summed E-state index contributed by atoms with van der Waals surface area (Å²) in [4.78, 5) is 23.7. The Morgan fingerprint density at radius 3 is 2.50 bits per heavy atom. The molecule has 0 aliphatic heterocycles. The van der Waals surface area contributed by atoms with Gasteiger partial charge >= 0.3 is 11.9 Å². The van der Waals surface area contributed by atoms with Crippen molar-refractivity contribution in [3.8, 4) is 5.75 Å². The van der Waals surface area contributed by atoms with Gasteiger partial charge in [-0.15, -0.1) is 0 Å². The fourth-order valence-corrected chi connectivity index (χ4v) is 2.08. The van der Waals surface area contributed by atoms with Gasteiger partial charge in [0.05, 0.1) is 6.61 Å². The van der Waals surface area contributed by atoms with Gasteiger partial charge in [0.2, 0.25) is 0 Å². The van der Waals surface area contributed by atoms with E-state index in [-0.39, 0.29) is 19.0 Å². The summed E-state index contributed by atoms with van der Waals surface area (Å²) >= 11 is 0. The number of carbonyl (C=O) groups excluding carboxylic acids is 1. The summed E-state index contributed by atoms with van der Waals surface area (Å²) in [6.07, 6.45) is 1.30. The fourth-order valence-electron chi connectivity index (χ4n) is 2.08. The summed E-state index contributed by atoms with van der Waals surface area (Å²) in [5.41, 5.74) is -1.30. The Kier molecular flexibility index (Phi) is 5.33. The van der Waals surface area contributed by atoms with Crippen LogP contribution in [0.2, 0.25) is 0 Å². The number of esters is 1. The molecule has 128 valence electrons. The van der Waals surface area contributed by atoms with E-state index in [9.17, 15) is 18.4 Å². The average Bonchev–Trinajstić information content (AvgIpc) is 2.56. The van der Waals surface area contributed by atoms with E-state index in [1.54, 1.807) is 24.3 Å². The van der Waals surface area contributed by atoms with E-state index < -0.39 is 23.0 Å². The molecule has 0 aliphatic carbocycles. The highest BCUT2D eigenvalue weighted by molar-refractivity contribution is 5.80. The molecule has 0 saturated heterocycles. The van der Waals surface area contributed by atoms with E-state index in [1.807, 2.05) is 6.07 Å². The maximum atomic E-state index is 14.4. The molecule has 2 rings (SSSR count). The number of hydrogen-bond acceptors (Lipinski definition) is 4. The zero-order chi connectivity index (χ0) is 17.7. The van der Waals surface area contributed by atoms with Gasteiger partial charge in [-0.1, -0.05) is 30.3 Å². The van der Waals surface area contributed by atoms with Crippen LogP contribution in [0.25, 0.3) is 0 Å². The molecule has 24 heavy (non-hydrogen) atoms. The quantitative estimate of drug-likeness (QED) is 0.761. The summed E-state index contributed by atoms with van der Waals surface area (Å²) in [7, 11) is 1.31. The molecule has 0 spiro atoms. The van der Waals surface area contributed by atoms with Gasteiger partial charge in [0.15, 0.2) is 0 Å². The first-order valence-electron chi connectivity index (χ1n) is 7.29. The van der Waals surface area contributed by atoms with E-state index in [0.29, 0.717) is 0 Å². The minimum Gasteiger partial charge on any atom is -0.488 e. The molecule has 0 radical (unpaired) electrons. The van der Waals surface area contributed by atoms with Crippen molar-refractivity contribution in [2.24, 2.45) is 7.05 Å². The molecule has 7 heteroatoms. The Morgan fingerprint density at radius 1 is 1.21 bits per heavy atom. The first kappa shape index (κ1) is 17.7. The second kappa shape index (κ2) is 7.25. The largest absolute Gasteiger partial charge is 0.488 e. The van der Waals surface area contributed by atoms with Crippen LogP contribution in [0.5, 0.6) is 5.75 Å². The van der Waals surface area contributed by atoms with E-state index in [4.69, 9.17) is 4.74 Å². The van der Waals surface area contributed by atoms with Crippen molar-refractivity contribution in [1.29, 1.82) is 0 Å². The Hall–Kier alpha value is -2.70. The first-order chi connectivity index (χ1) is 11.4. The van der Waals surface area contributed by atoms with Gasteiger partial charge in [-0.25, -0.2) is 4.79 Å². The number of benzene rings is 1. The maximum absolute atomic E-state index is 14.4. The predicted octanol–water partition coefficient (Wildman–Crippen LogP) is 2.62. The molecule has 0 saturated carbocycles. The summed E-state index contributed by atoms with van der Waals surface area (Å²) in [6.45, 7) is 1.17.